The number of para-hydroxylation sites is 1. The number of aromatic nitrogens is 1. The van der Waals surface area contributed by atoms with E-state index in [2.05, 4.69) is 0 Å². The first-order valence-corrected chi connectivity index (χ1v) is 13.1. The first kappa shape index (κ1) is 25.2. The van der Waals surface area contributed by atoms with Gasteiger partial charge in [-0.15, -0.1) is 0 Å². The Kier molecular flexibility index (Phi) is 7.53. The zero-order valence-electron chi connectivity index (χ0n) is 20.3. The average Bonchev–Trinajstić information content (AvgIpc) is 3.06. The molecular formula is C24H35N3O5S. The van der Waals surface area contributed by atoms with Gasteiger partial charge in [0.1, 0.15) is 12.3 Å². The second-order valence-electron chi connectivity index (χ2n) is 9.44. The van der Waals surface area contributed by atoms with E-state index in [0.29, 0.717) is 24.0 Å². The summed E-state index contributed by atoms with van der Waals surface area (Å²) >= 11 is 0. The lowest BCUT2D eigenvalue weighted by molar-refractivity contribution is -0.140. The molecule has 2 heterocycles. The Bertz CT molecular complexity index is 1100. The molecule has 1 fully saturated rings. The molecular weight excluding hydrogens is 442 g/mol. The molecule has 2 amide bonds. The number of sulfone groups is 1. The van der Waals surface area contributed by atoms with E-state index in [1.807, 2.05) is 47.6 Å². The van der Waals surface area contributed by atoms with Crippen LogP contribution in [0.4, 0.5) is 0 Å². The summed E-state index contributed by atoms with van der Waals surface area (Å²) in [6, 6.07) is 7.13. The van der Waals surface area contributed by atoms with E-state index in [-0.39, 0.29) is 41.6 Å². The SMILES string of the molecule is CC1CN(C(=O)CS(=O)(=O)c2cn(CC(=O)N(C(C)C)C(C)C)c3ccccc23)CC(C)O1. The molecule has 9 heteroatoms. The fraction of sp³-hybridized carbons (Fsp3) is 0.583. The van der Waals surface area contributed by atoms with Crippen molar-refractivity contribution in [2.45, 2.75) is 77.3 Å². The van der Waals surface area contributed by atoms with Gasteiger partial charge in [-0.2, -0.15) is 0 Å². The van der Waals surface area contributed by atoms with Gasteiger partial charge < -0.3 is 19.1 Å². The number of morpholine rings is 1. The number of rotatable bonds is 7. The third-order valence-electron chi connectivity index (χ3n) is 5.88. The summed E-state index contributed by atoms with van der Waals surface area (Å²) < 4.78 is 34.0. The predicted molar refractivity (Wildman–Crippen MR) is 128 cm³/mol. The lowest BCUT2D eigenvalue weighted by Gasteiger charge is -2.35. The van der Waals surface area contributed by atoms with Crippen molar-refractivity contribution in [2.75, 3.05) is 18.8 Å². The van der Waals surface area contributed by atoms with Crippen molar-refractivity contribution in [2.24, 2.45) is 0 Å². The van der Waals surface area contributed by atoms with E-state index in [1.165, 1.54) is 6.20 Å². The Morgan fingerprint density at radius 3 is 2.21 bits per heavy atom. The fourth-order valence-electron chi connectivity index (χ4n) is 4.70. The number of hydrogen-bond donors (Lipinski definition) is 0. The summed E-state index contributed by atoms with van der Waals surface area (Å²) in [7, 11) is -3.92. The van der Waals surface area contributed by atoms with Crippen LogP contribution in [0.2, 0.25) is 0 Å². The van der Waals surface area contributed by atoms with Crippen LogP contribution in [0.15, 0.2) is 35.4 Å². The molecule has 2 atom stereocenters. The van der Waals surface area contributed by atoms with Crippen LogP contribution in [0, 0.1) is 0 Å². The highest BCUT2D eigenvalue weighted by Crippen LogP contribution is 2.27. The number of fused-ring (bicyclic) bond motifs is 1. The number of nitrogens with zero attached hydrogens (tertiary/aromatic N) is 3. The molecule has 1 aliphatic rings. The van der Waals surface area contributed by atoms with Crippen LogP contribution >= 0.6 is 0 Å². The number of carbonyl (C=O) groups excluding carboxylic acids is 2. The standard InChI is InChI=1S/C24H35N3O5S/c1-16(2)27(17(3)4)23(28)14-25-13-22(20-9-7-8-10-21(20)25)33(30,31)15-24(29)26-11-18(5)32-19(6)12-26/h7-10,13,16-19H,11-12,14-15H2,1-6H3. The molecule has 182 valence electrons. The molecule has 1 aromatic heterocycles. The van der Waals surface area contributed by atoms with Crippen LogP contribution in [0.25, 0.3) is 10.9 Å². The number of benzene rings is 1. The second kappa shape index (κ2) is 9.85. The van der Waals surface area contributed by atoms with Crippen LogP contribution in [0.5, 0.6) is 0 Å². The summed E-state index contributed by atoms with van der Waals surface area (Å²) in [5.41, 5.74) is 0.651. The van der Waals surface area contributed by atoms with Crippen LogP contribution < -0.4 is 0 Å². The van der Waals surface area contributed by atoms with Crippen molar-refractivity contribution < 1.29 is 22.7 Å². The second-order valence-corrected chi connectivity index (χ2v) is 11.4. The van der Waals surface area contributed by atoms with Crippen molar-refractivity contribution in [3.8, 4) is 0 Å². The summed E-state index contributed by atoms with van der Waals surface area (Å²) in [5, 5.41) is 0.516. The number of carbonyl (C=O) groups is 2. The van der Waals surface area contributed by atoms with Gasteiger partial charge in [-0.3, -0.25) is 9.59 Å². The van der Waals surface area contributed by atoms with E-state index in [9.17, 15) is 18.0 Å². The maximum atomic E-state index is 13.3. The molecule has 0 spiro atoms. The van der Waals surface area contributed by atoms with Crippen molar-refractivity contribution >= 4 is 32.6 Å². The van der Waals surface area contributed by atoms with Crippen LogP contribution in [0.3, 0.4) is 0 Å². The van der Waals surface area contributed by atoms with Crippen molar-refractivity contribution in [3.63, 3.8) is 0 Å². The highest BCUT2D eigenvalue weighted by Gasteiger charge is 2.31. The first-order chi connectivity index (χ1) is 15.4. The maximum Gasteiger partial charge on any atom is 0.242 e. The topological polar surface area (TPSA) is 88.9 Å². The number of ether oxygens (including phenoxy) is 1. The molecule has 0 N–H and O–H groups in total. The smallest absolute Gasteiger partial charge is 0.242 e. The average molecular weight is 478 g/mol. The lowest BCUT2D eigenvalue weighted by atomic mass is 10.2. The molecule has 2 unspecified atom stereocenters. The highest BCUT2D eigenvalue weighted by atomic mass is 32.2. The van der Waals surface area contributed by atoms with Crippen LogP contribution in [-0.4, -0.2) is 77.7 Å². The Morgan fingerprint density at radius 1 is 1.06 bits per heavy atom. The zero-order valence-corrected chi connectivity index (χ0v) is 21.1. The van der Waals surface area contributed by atoms with E-state index in [0.717, 1.165) is 0 Å². The third-order valence-corrected chi connectivity index (χ3v) is 7.50. The van der Waals surface area contributed by atoms with Crippen LogP contribution in [0.1, 0.15) is 41.5 Å². The van der Waals surface area contributed by atoms with Crippen molar-refractivity contribution in [3.05, 3.63) is 30.5 Å². The quantitative estimate of drug-likeness (QED) is 0.612. The molecule has 1 aliphatic heterocycles. The Morgan fingerprint density at radius 2 is 1.64 bits per heavy atom. The summed E-state index contributed by atoms with van der Waals surface area (Å²) in [6.07, 6.45) is 1.21. The Hall–Kier alpha value is -2.39. The van der Waals surface area contributed by atoms with Gasteiger partial charge >= 0.3 is 0 Å². The monoisotopic (exact) mass is 477 g/mol. The van der Waals surface area contributed by atoms with Gasteiger partial charge in [0.2, 0.25) is 11.8 Å². The molecule has 8 nitrogen and oxygen atoms in total. The zero-order chi connectivity index (χ0) is 24.5. The largest absolute Gasteiger partial charge is 0.372 e. The highest BCUT2D eigenvalue weighted by molar-refractivity contribution is 7.92. The van der Waals surface area contributed by atoms with E-state index >= 15 is 0 Å². The van der Waals surface area contributed by atoms with Crippen LogP contribution in [-0.2, 0) is 30.7 Å². The molecule has 0 radical (unpaired) electrons. The normalized spacial score (nSPS) is 19.5. The molecule has 1 saturated heterocycles. The van der Waals surface area contributed by atoms with Crippen molar-refractivity contribution in [1.29, 1.82) is 0 Å². The minimum Gasteiger partial charge on any atom is -0.372 e. The molecule has 0 bridgehead atoms. The maximum absolute atomic E-state index is 13.3. The predicted octanol–water partition coefficient (Wildman–Crippen LogP) is 2.70. The minimum atomic E-state index is -3.92. The fourth-order valence-corrected chi connectivity index (χ4v) is 6.16. The van der Waals surface area contributed by atoms with Gasteiger partial charge in [0.05, 0.1) is 17.1 Å². The van der Waals surface area contributed by atoms with E-state index in [1.54, 1.807) is 32.6 Å². The number of amides is 2. The molecule has 0 saturated carbocycles. The number of hydrogen-bond acceptors (Lipinski definition) is 5. The van der Waals surface area contributed by atoms with E-state index < -0.39 is 21.5 Å². The molecule has 2 aromatic rings. The first-order valence-electron chi connectivity index (χ1n) is 11.5. The lowest BCUT2D eigenvalue weighted by Crippen LogP contribution is -2.49. The van der Waals surface area contributed by atoms with Gasteiger partial charge in [0, 0.05) is 42.3 Å². The minimum absolute atomic E-state index is 0.0263. The summed E-state index contributed by atoms with van der Waals surface area (Å²) in [4.78, 5) is 29.3. The Labute approximate surface area is 196 Å². The Balaban J connectivity index is 1.90. The molecule has 33 heavy (non-hydrogen) atoms. The molecule has 3 rings (SSSR count). The van der Waals surface area contributed by atoms with E-state index in [4.69, 9.17) is 4.74 Å². The van der Waals surface area contributed by atoms with Gasteiger partial charge in [0.25, 0.3) is 0 Å². The van der Waals surface area contributed by atoms with Gasteiger partial charge in [-0.25, -0.2) is 8.42 Å². The molecule has 1 aromatic carbocycles. The molecule has 0 aliphatic carbocycles. The van der Waals surface area contributed by atoms with Gasteiger partial charge in [0.15, 0.2) is 9.84 Å². The van der Waals surface area contributed by atoms with Gasteiger partial charge in [-0.1, -0.05) is 18.2 Å². The van der Waals surface area contributed by atoms with Gasteiger partial charge in [-0.05, 0) is 47.6 Å². The summed E-state index contributed by atoms with van der Waals surface area (Å²) in [6.45, 7) is 12.3. The van der Waals surface area contributed by atoms with Crippen molar-refractivity contribution in [1.82, 2.24) is 14.4 Å². The summed E-state index contributed by atoms with van der Waals surface area (Å²) in [5.74, 6) is -1.13. The third kappa shape index (κ3) is 5.58.